The molecule has 5 nitrogen and oxygen atoms in total. The van der Waals surface area contributed by atoms with Crippen LogP contribution < -0.4 is 0 Å². The fourth-order valence-electron chi connectivity index (χ4n) is 2.02. The lowest BCUT2D eigenvalue weighted by molar-refractivity contribution is 0.563. The van der Waals surface area contributed by atoms with Crippen molar-refractivity contribution in [2.24, 2.45) is 0 Å². The molecule has 1 unspecified atom stereocenters. The van der Waals surface area contributed by atoms with Crippen molar-refractivity contribution in [1.29, 1.82) is 0 Å². The molecule has 0 saturated carbocycles. The maximum Gasteiger partial charge on any atom is 0.167 e. The molecule has 0 bridgehead atoms. The Hall–Kier alpha value is -2.46. The van der Waals surface area contributed by atoms with E-state index >= 15 is 0 Å². The minimum atomic E-state index is -1.86. The van der Waals surface area contributed by atoms with Crippen LogP contribution in [-0.2, 0) is 16.8 Å². The zero-order valence-corrected chi connectivity index (χ0v) is 14.0. The summed E-state index contributed by atoms with van der Waals surface area (Å²) >= 11 is 4.28. The number of hydrogen-bond acceptors (Lipinski definition) is 3. The Morgan fingerprint density at radius 2 is 1.96 bits per heavy atom. The molecular formula is C17H12ClN3O2S. The standard InChI is InChI=1S/C17H12ClN3O2S/c18-17-14(6-7-15-3-1-2-10-19-15)11-21(20-17)16-8-4-13(5-9-16)12-24(22)23/h1-5,8-11H,12H2,(H,22,23). The first-order chi connectivity index (χ1) is 11.6. The molecule has 24 heavy (non-hydrogen) atoms. The van der Waals surface area contributed by atoms with Gasteiger partial charge in [-0.05, 0) is 35.7 Å². The fraction of sp³-hybridized carbons (Fsp3) is 0.0588. The van der Waals surface area contributed by atoms with Gasteiger partial charge in [0.25, 0.3) is 0 Å². The van der Waals surface area contributed by atoms with Crippen molar-refractivity contribution in [3.8, 4) is 17.5 Å². The van der Waals surface area contributed by atoms with Gasteiger partial charge >= 0.3 is 0 Å². The van der Waals surface area contributed by atoms with Crippen LogP contribution in [0.15, 0.2) is 54.9 Å². The van der Waals surface area contributed by atoms with Crippen LogP contribution in [0.2, 0.25) is 5.15 Å². The second-order valence-corrected chi connectivity index (χ2v) is 6.17. The summed E-state index contributed by atoms with van der Waals surface area (Å²) in [5, 5.41) is 4.54. The molecule has 0 spiro atoms. The highest BCUT2D eigenvalue weighted by Gasteiger charge is 2.06. The van der Waals surface area contributed by atoms with E-state index in [0.29, 0.717) is 16.4 Å². The third-order valence-electron chi connectivity index (χ3n) is 3.15. The second-order valence-electron chi connectivity index (χ2n) is 4.88. The summed E-state index contributed by atoms with van der Waals surface area (Å²) in [6.45, 7) is 0. The van der Waals surface area contributed by atoms with Crippen LogP contribution in [0.25, 0.3) is 5.69 Å². The van der Waals surface area contributed by atoms with Gasteiger partial charge in [0.2, 0.25) is 0 Å². The first kappa shape index (κ1) is 16.4. The van der Waals surface area contributed by atoms with Gasteiger partial charge in [-0.3, -0.25) is 0 Å². The lowest BCUT2D eigenvalue weighted by Crippen LogP contribution is -1.96. The van der Waals surface area contributed by atoms with Crippen molar-refractivity contribution in [1.82, 2.24) is 14.8 Å². The summed E-state index contributed by atoms with van der Waals surface area (Å²) in [6.07, 6.45) is 3.41. The van der Waals surface area contributed by atoms with Crippen LogP contribution in [-0.4, -0.2) is 23.5 Å². The van der Waals surface area contributed by atoms with E-state index in [2.05, 4.69) is 21.9 Å². The molecule has 0 aliphatic rings. The molecule has 1 N–H and O–H groups in total. The predicted molar refractivity (Wildman–Crippen MR) is 93.3 cm³/mol. The van der Waals surface area contributed by atoms with Crippen molar-refractivity contribution in [2.75, 3.05) is 0 Å². The summed E-state index contributed by atoms with van der Waals surface area (Å²) < 4.78 is 21.3. The second kappa shape index (κ2) is 7.41. The molecule has 3 rings (SSSR count). The summed E-state index contributed by atoms with van der Waals surface area (Å²) in [5.74, 6) is 5.99. The molecule has 1 aromatic carbocycles. The van der Waals surface area contributed by atoms with Gasteiger partial charge in [-0.2, -0.15) is 5.10 Å². The van der Waals surface area contributed by atoms with E-state index in [1.165, 1.54) is 0 Å². The average Bonchev–Trinajstić information content (AvgIpc) is 2.95. The minimum absolute atomic E-state index is 0.0982. The fourth-order valence-corrected chi connectivity index (χ4v) is 2.68. The molecule has 7 heteroatoms. The lowest BCUT2D eigenvalue weighted by atomic mass is 10.2. The third-order valence-corrected chi connectivity index (χ3v) is 4.01. The number of nitrogens with zero attached hydrogens (tertiary/aromatic N) is 3. The largest absolute Gasteiger partial charge is 0.306 e. The van der Waals surface area contributed by atoms with Gasteiger partial charge in [0.1, 0.15) is 5.69 Å². The molecule has 0 amide bonds. The quantitative estimate of drug-likeness (QED) is 0.578. The topological polar surface area (TPSA) is 68.0 Å². The van der Waals surface area contributed by atoms with Crippen LogP contribution in [0.3, 0.4) is 0 Å². The first-order valence-electron chi connectivity index (χ1n) is 6.97. The molecule has 2 aromatic heterocycles. The molecule has 2 heterocycles. The van der Waals surface area contributed by atoms with Crippen molar-refractivity contribution in [3.05, 3.63) is 76.8 Å². The third kappa shape index (κ3) is 4.09. The first-order valence-corrected chi connectivity index (χ1v) is 8.62. The Balaban J connectivity index is 1.84. The molecule has 1 atom stereocenters. The number of halogens is 1. The normalized spacial score (nSPS) is 11.6. The van der Waals surface area contributed by atoms with E-state index in [1.54, 1.807) is 29.2 Å². The van der Waals surface area contributed by atoms with Crippen molar-refractivity contribution in [2.45, 2.75) is 5.75 Å². The van der Waals surface area contributed by atoms with Crippen LogP contribution in [0, 0.1) is 11.8 Å². The van der Waals surface area contributed by atoms with Gasteiger partial charge in [0.15, 0.2) is 16.2 Å². The van der Waals surface area contributed by atoms with Gasteiger partial charge in [0, 0.05) is 12.4 Å². The molecule has 3 aromatic rings. The molecule has 0 radical (unpaired) electrons. The van der Waals surface area contributed by atoms with Gasteiger partial charge in [0.05, 0.1) is 17.0 Å². The SMILES string of the molecule is O=S(O)Cc1ccc(-n2cc(C#Cc3ccccn3)c(Cl)n2)cc1. The van der Waals surface area contributed by atoms with E-state index in [1.807, 2.05) is 30.3 Å². The maximum absolute atomic E-state index is 10.8. The van der Waals surface area contributed by atoms with E-state index in [0.717, 1.165) is 11.3 Å². The highest BCUT2D eigenvalue weighted by Crippen LogP contribution is 2.17. The monoisotopic (exact) mass is 357 g/mol. The molecular weight excluding hydrogens is 346 g/mol. The molecule has 0 saturated heterocycles. The Bertz CT molecular complexity index is 928. The highest BCUT2D eigenvalue weighted by atomic mass is 35.5. The van der Waals surface area contributed by atoms with Gasteiger partial charge in [-0.1, -0.05) is 35.7 Å². The van der Waals surface area contributed by atoms with Crippen LogP contribution in [0.4, 0.5) is 0 Å². The smallest absolute Gasteiger partial charge is 0.167 e. The summed E-state index contributed by atoms with van der Waals surface area (Å²) in [4.78, 5) is 4.13. The Labute approximate surface area is 146 Å². The number of benzene rings is 1. The lowest BCUT2D eigenvalue weighted by Gasteiger charge is -2.02. The van der Waals surface area contributed by atoms with E-state index in [-0.39, 0.29) is 5.75 Å². The zero-order chi connectivity index (χ0) is 16.9. The Kier molecular flexibility index (Phi) is 5.06. The number of hydrogen-bond donors (Lipinski definition) is 1. The van der Waals surface area contributed by atoms with Gasteiger partial charge in [-0.25, -0.2) is 13.9 Å². The Morgan fingerprint density at radius 3 is 2.62 bits per heavy atom. The summed E-state index contributed by atoms with van der Waals surface area (Å²) in [5.41, 5.74) is 2.81. The highest BCUT2D eigenvalue weighted by molar-refractivity contribution is 7.78. The average molecular weight is 358 g/mol. The van der Waals surface area contributed by atoms with E-state index in [4.69, 9.17) is 16.2 Å². The van der Waals surface area contributed by atoms with Gasteiger partial charge < -0.3 is 4.55 Å². The Morgan fingerprint density at radius 1 is 1.17 bits per heavy atom. The molecule has 0 aliphatic heterocycles. The number of rotatable bonds is 3. The van der Waals surface area contributed by atoms with Crippen molar-refractivity contribution in [3.63, 3.8) is 0 Å². The zero-order valence-electron chi connectivity index (χ0n) is 12.4. The maximum atomic E-state index is 10.8. The minimum Gasteiger partial charge on any atom is -0.306 e. The number of pyridine rings is 1. The summed E-state index contributed by atoms with van der Waals surface area (Å²) in [7, 11) is 0. The summed E-state index contributed by atoms with van der Waals surface area (Å²) in [6, 6.07) is 12.7. The predicted octanol–water partition coefficient (Wildman–Crippen LogP) is 3.04. The van der Waals surface area contributed by atoms with Gasteiger partial charge in [-0.15, -0.1) is 0 Å². The van der Waals surface area contributed by atoms with Crippen molar-refractivity contribution >= 4 is 22.7 Å². The molecule has 0 fully saturated rings. The van der Waals surface area contributed by atoms with E-state index < -0.39 is 11.1 Å². The van der Waals surface area contributed by atoms with E-state index in [9.17, 15) is 4.21 Å². The number of aromatic nitrogens is 3. The van der Waals surface area contributed by atoms with Crippen LogP contribution >= 0.6 is 11.6 Å². The van der Waals surface area contributed by atoms with Crippen molar-refractivity contribution < 1.29 is 8.76 Å². The molecule has 120 valence electrons. The van der Waals surface area contributed by atoms with Crippen LogP contribution in [0.5, 0.6) is 0 Å². The van der Waals surface area contributed by atoms with Crippen LogP contribution in [0.1, 0.15) is 16.8 Å². The molecule has 0 aliphatic carbocycles.